The van der Waals surface area contributed by atoms with E-state index in [0.29, 0.717) is 0 Å². The first kappa shape index (κ1) is 12.0. The fraction of sp³-hybridized carbons (Fsp3) is 0.400. The van der Waals surface area contributed by atoms with E-state index in [0.717, 1.165) is 16.9 Å². The summed E-state index contributed by atoms with van der Waals surface area (Å²) in [6.07, 6.45) is 5.24. The standard InChI is InChI=1S/C15H17BrN2/c1-18-13(10-11-6-5-7-11)17-15(16)14(18)12-8-3-2-4-9-12/h2-4,8-9,11H,5-7,10H2,1H3. The highest BCUT2D eigenvalue weighted by Gasteiger charge is 2.22. The van der Waals surface area contributed by atoms with E-state index in [2.05, 4.69) is 56.8 Å². The molecule has 0 spiro atoms. The average molecular weight is 305 g/mol. The van der Waals surface area contributed by atoms with Crippen LogP contribution in [0.1, 0.15) is 25.1 Å². The highest BCUT2D eigenvalue weighted by atomic mass is 79.9. The van der Waals surface area contributed by atoms with Crippen LogP contribution in [0.2, 0.25) is 0 Å². The molecule has 1 heterocycles. The first-order valence-electron chi connectivity index (χ1n) is 6.52. The summed E-state index contributed by atoms with van der Waals surface area (Å²) in [6.45, 7) is 0. The molecule has 0 amide bonds. The molecule has 0 atom stereocenters. The fourth-order valence-corrected chi connectivity index (χ4v) is 3.25. The molecule has 1 aliphatic rings. The van der Waals surface area contributed by atoms with E-state index in [4.69, 9.17) is 0 Å². The van der Waals surface area contributed by atoms with E-state index in [9.17, 15) is 0 Å². The fourth-order valence-electron chi connectivity index (χ4n) is 2.56. The van der Waals surface area contributed by atoms with Crippen LogP contribution in [0, 0.1) is 5.92 Å². The van der Waals surface area contributed by atoms with Crippen molar-refractivity contribution in [2.45, 2.75) is 25.7 Å². The van der Waals surface area contributed by atoms with Crippen molar-refractivity contribution < 1.29 is 0 Å². The number of hydrogen-bond donors (Lipinski definition) is 0. The second-order valence-corrected chi connectivity index (χ2v) is 5.84. The van der Waals surface area contributed by atoms with E-state index >= 15 is 0 Å². The van der Waals surface area contributed by atoms with Gasteiger partial charge in [0.25, 0.3) is 0 Å². The van der Waals surface area contributed by atoms with Crippen molar-refractivity contribution in [1.29, 1.82) is 0 Å². The summed E-state index contributed by atoms with van der Waals surface area (Å²) >= 11 is 3.60. The number of halogens is 1. The average Bonchev–Trinajstić information content (AvgIpc) is 2.60. The predicted molar refractivity (Wildman–Crippen MR) is 77.4 cm³/mol. The van der Waals surface area contributed by atoms with E-state index in [1.54, 1.807) is 0 Å². The summed E-state index contributed by atoms with van der Waals surface area (Å²) < 4.78 is 3.20. The quantitative estimate of drug-likeness (QED) is 0.831. The van der Waals surface area contributed by atoms with Crippen molar-refractivity contribution >= 4 is 15.9 Å². The molecule has 0 aliphatic heterocycles. The van der Waals surface area contributed by atoms with Gasteiger partial charge in [0.2, 0.25) is 0 Å². The smallest absolute Gasteiger partial charge is 0.132 e. The molecule has 1 saturated carbocycles. The third-order valence-electron chi connectivity index (χ3n) is 3.89. The lowest BCUT2D eigenvalue weighted by atomic mass is 9.83. The molecule has 0 bridgehead atoms. The number of imidazole rings is 1. The first-order chi connectivity index (χ1) is 8.75. The molecule has 1 fully saturated rings. The van der Waals surface area contributed by atoms with Gasteiger partial charge in [-0.25, -0.2) is 4.98 Å². The van der Waals surface area contributed by atoms with Crippen LogP contribution in [-0.4, -0.2) is 9.55 Å². The van der Waals surface area contributed by atoms with Gasteiger partial charge in [-0.15, -0.1) is 0 Å². The van der Waals surface area contributed by atoms with Crippen LogP contribution in [0.5, 0.6) is 0 Å². The molecular weight excluding hydrogens is 288 g/mol. The molecule has 0 radical (unpaired) electrons. The summed E-state index contributed by atoms with van der Waals surface area (Å²) in [4.78, 5) is 4.69. The third kappa shape index (κ3) is 2.12. The number of aromatic nitrogens is 2. The molecular formula is C15H17BrN2. The third-order valence-corrected chi connectivity index (χ3v) is 4.44. The summed E-state index contributed by atoms with van der Waals surface area (Å²) in [5, 5.41) is 0. The Morgan fingerprint density at radius 3 is 2.61 bits per heavy atom. The molecule has 2 aromatic rings. The van der Waals surface area contributed by atoms with Crippen molar-refractivity contribution in [1.82, 2.24) is 9.55 Å². The van der Waals surface area contributed by atoms with Gasteiger partial charge in [-0.3, -0.25) is 0 Å². The zero-order chi connectivity index (χ0) is 12.5. The monoisotopic (exact) mass is 304 g/mol. The number of rotatable bonds is 3. The Labute approximate surface area is 116 Å². The maximum absolute atomic E-state index is 4.69. The summed E-state index contributed by atoms with van der Waals surface area (Å²) in [6, 6.07) is 10.5. The molecule has 0 N–H and O–H groups in total. The molecule has 0 unspecified atom stereocenters. The van der Waals surface area contributed by atoms with Crippen molar-refractivity contribution in [2.75, 3.05) is 0 Å². The molecule has 1 aliphatic carbocycles. The van der Waals surface area contributed by atoms with E-state index in [1.165, 1.54) is 36.3 Å². The number of benzene rings is 1. The first-order valence-corrected chi connectivity index (χ1v) is 7.31. The molecule has 0 saturated heterocycles. The minimum Gasteiger partial charge on any atom is -0.330 e. The van der Waals surface area contributed by atoms with Crippen LogP contribution in [0.25, 0.3) is 11.3 Å². The van der Waals surface area contributed by atoms with Gasteiger partial charge >= 0.3 is 0 Å². The lowest BCUT2D eigenvalue weighted by Gasteiger charge is -2.24. The minimum atomic E-state index is 0.849. The van der Waals surface area contributed by atoms with Gasteiger partial charge in [-0.05, 0) is 21.8 Å². The van der Waals surface area contributed by atoms with E-state index in [1.807, 2.05) is 6.07 Å². The number of nitrogens with zero attached hydrogens (tertiary/aromatic N) is 2. The van der Waals surface area contributed by atoms with Crippen LogP contribution in [0.15, 0.2) is 34.9 Å². The number of hydrogen-bond acceptors (Lipinski definition) is 1. The van der Waals surface area contributed by atoms with Crippen molar-refractivity contribution in [2.24, 2.45) is 13.0 Å². The minimum absolute atomic E-state index is 0.849. The molecule has 1 aromatic carbocycles. The summed E-state index contributed by atoms with van der Waals surface area (Å²) in [5.41, 5.74) is 2.41. The molecule has 94 valence electrons. The van der Waals surface area contributed by atoms with Crippen LogP contribution < -0.4 is 0 Å². The van der Waals surface area contributed by atoms with Gasteiger partial charge in [-0.2, -0.15) is 0 Å². The summed E-state index contributed by atoms with van der Waals surface area (Å²) in [5.74, 6) is 2.05. The Morgan fingerprint density at radius 2 is 2.00 bits per heavy atom. The summed E-state index contributed by atoms with van der Waals surface area (Å²) in [7, 11) is 2.12. The van der Waals surface area contributed by atoms with Crippen LogP contribution >= 0.6 is 15.9 Å². The maximum Gasteiger partial charge on any atom is 0.132 e. The van der Waals surface area contributed by atoms with Gasteiger partial charge in [0, 0.05) is 19.0 Å². The van der Waals surface area contributed by atoms with Gasteiger partial charge in [0.1, 0.15) is 10.4 Å². The van der Waals surface area contributed by atoms with E-state index in [-0.39, 0.29) is 0 Å². The SMILES string of the molecule is Cn1c(CC2CCC2)nc(Br)c1-c1ccccc1. The Hall–Kier alpha value is -1.09. The zero-order valence-corrected chi connectivity index (χ0v) is 12.2. The van der Waals surface area contributed by atoms with Crippen LogP contribution in [0.3, 0.4) is 0 Å². The highest BCUT2D eigenvalue weighted by molar-refractivity contribution is 9.10. The predicted octanol–water partition coefficient (Wildman–Crippen LogP) is 4.19. The zero-order valence-electron chi connectivity index (χ0n) is 10.6. The molecule has 3 rings (SSSR count). The topological polar surface area (TPSA) is 17.8 Å². The van der Waals surface area contributed by atoms with E-state index < -0.39 is 0 Å². The molecule has 1 aromatic heterocycles. The Kier molecular flexibility index (Phi) is 3.25. The van der Waals surface area contributed by atoms with Crippen molar-refractivity contribution in [3.05, 3.63) is 40.8 Å². The van der Waals surface area contributed by atoms with Gasteiger partial charge < -0.3 is 4.57 Å². The lowest BCUT2D eigenvalue weighted by Crippen LogP contribution is -2.16. The van der Waals surface area contributed by atoms with Gasteiger partial charge in [0.15, 0.2) is 0 Å². The lowest BCUT2D eigenvalue weighted by molar-refractivity contribution is 0.307. The second-order valence-electron chi connectivity index (χ2n) is 5.09. The van der Waals surface area contributed by atoms with Gasteiger partial charge in [0.05, 0.1) is 5.69 Å². The normalized spacial score (nSPS) is 15.7. The Balaban J connectivity index is 1.95. The molecule has 2 nitrogen and oxygen atoms in total. The van der Waals surface area contributed by atoms with Crippen molar-refractivity contribution in [3.63, 3.8) is 0 Å². The van der Waals surface area contributed by atoms with Crippen LogP contribution in [-0.2, 0) is 13.5 Å². The Morgan fingerprint density at radius 1 is 1.28 bits per heavy atom. The maximum atomic E-state index is 4.69. The van der Waals surface area contributed by atoms with Crippen molar-refractivity contribution in [3.8, 4) is 11.3 Å². The molecule has 18 heavy (non-hydrogen) atoms. The largest absolute Gasteiger partial charge is 0.330 e. The second kappa shape index (κ2) is 4.88. The van der Waals surface area contributed by atoms with Crippen LogP contribution in [0.4, 0.5) is 0 Å². The highest BCUT2D eigenvalue weighted by Crippen LogP contribution is 2.33. The molecule has 3 heteroatoms. The van der Waals surface area contributed by atoms with Gasteiger partial charge in [-0.1, -0.05) is 49.6 Å². The Bertz CT molecular complexity index is 541.